The number of aromatic nitrogens is 4. The molecule has 1 N–H and O–H groups in total. The lowest BCUT2D eigenvalue weighted by Crippen LogP contribution is -2.44. The smallest absolute Gasteiger partial charge is 0.255 e. The number of hydrogen-bond acceptors (Lipinski definition) is 6. The van der Waals surface area contributed by atoms with E-state index in [2.05, 4.69) is 20.8 Å². The molecule has 0 bridgehead atoms. The highest BCUT2D eigenvalue weighted by atomic mass is 32.2. The van der Waals surface area contributed by atoms with E-state index in [0.717, 1.165) is 5.69 Å². The molecule has 1 aliphatic rings. The lowest BCUT2D eigenvalue weighted by molar-refractivity contribution is -0.119. The summed E-state index contributed by atoms with van der Waals surface area (Å²) >= 11 is 1.57. The van der Waals surface area contributed by atoms with Gasteiger partial charge in [0.25, 0.3) is 5.91 Å². The third-order valence-corrected chi connectivity index (χ3v) is 5.46. The Kier molecular flexibility index (Phi) is 5.07. The minimum absolute atomic E-state index is 0.135. The first-order chi connectivity index (χ1) is 13.6. The molecule has 2 aromatic carbocycles. The molecule has 1 saturated heterocycles. The normalized spacial score (nSPS) is 16.2. The molecule has 4 rings (SSSR count). The number of aryl methyl sites for hydroxylation is 1. The van der Waals surface area contributed by atoms with E-state index in [1.807, 2.05) is 30.3 Å². The van der Waals surface area contributed by atoms with Crippen molar-refractivity contribution in [2.24, 2.45) is 0 Å². The molecule has 1 aromatic heterocycles. The van der Waals surface area contributed by atoms with Gasteiger partial charge in [0.15, 0.2) is 5.82 Å². The van der Waals surface area contributed by atoms with Crippen LogP contribution in [0.1, 0.15) is 16.2 Å². The quantitative estimate of drug-likeness (QED) is 0.729. The standard InChI is InChI=1S/C19H18N6O2S/c1-13-21-22-23-25(13)16-9-5-8-15(10-16)20-18(26)17-11-28-12-24(17)19(27)14-6-3-2-4-7-14/h2-10,17H,11-12H2,1H3,(H,20,26)/t17-/m0/s1. The van der Waals surface area contributed by atoms with Crippen LogP contribution in [-0.2, 0) is 4.79 Å². The van der Waals surface area contributed by atoms with Gasteiger partial charge in [0.05, 0.1) is 11.6 Å². The minimum Gasteiger partial charge on any atom is -0.324 e. The second kappa shape index (κ2) is 7.81. The largest absolute Gasteiger partial charge is 0.324 e. The molecule has 1 fully saturated rings. The molecule has 0 radical (unpaired) electrons. The summed E-state index contributed by atoms with van der Waals surface area (Å²) in [7, 11) is 0. The molecule has 0 spiro atoms. The Morgan fingerprint density at radius 3 is 2.71 bits per heavy atom. The number of nitrogens with zero attached hydrogens (tertiary/aromatic N) is 5. The summed E-state index contributed by atoms with van der Waals surface area (Å²) in [6.07, 6.45) is 0. The average Bonchev–Trinajstić information content (AvgIpc) is 3.37. The van der Waals surface area contributed by atoms with Gasteiger partial charge in [0.1, 0.15) is 6.04 Å². The van der Waals surface area contributed by atoms with Gasteiger partial charge in [-0.1, -0.05) is 24.3 Å². The lowest BCUT2D eigenvalue weighted by Gasteiger charge is -2.23. The van der Waals surface area contributed by atoms with Gasteiger partial charge in [0.2, 0.25) is 5.91 Å². The van der Waals surface area contributed by atoms with Crippen molar-refractivity contribution in [3.05, 3.63) is 66.0 Å². The molecule has 2 amide bonds. The van der Waals surface area contributed by atoms with Crippen molar-refractivity contribution in [3.63, 3.8) is 0 Å². The fourth-order valence-electron chi connectivity index (χ4n) is 3.02. The van der Waals surface area contributed by atoms with Crippen LogP contribution in [-0.4, -0.2) is 54.6 Å². The third kappa shape index (κ3) is 3.61. The Labute approximate surface area is 165 Å². The second-order valence-corrected chi connectivity index (χ2v) is 7.33. The summed E-state index contributed by atoms with van der Waals surface area (Å²) in [5, 5.41) is 14.4. The van der Waals surface area contributed by atoms with Gasteiger partial charge in [0, 0.05) is 17.0 Å². The predicted molar refractivity (Wildman–Crippen MR) is 106 cm³/mol. The van der Waals surface area contributed by atoms with Crippen LogP contribution in [0, 0.1) is 6.92 Å². The van der Waals surface area contributed by atoms with Gasteiger partial charge < -0.3 is 10.2 Å². The number of amides is 2. The van der Waals surface area contributed by atoms with Crippen LogP contribution in [0.2, 0.25) is 0 Å². The number of carbonyl (C=O) groups excluding carboxylic acids is 2. The zero-order valence-corrected chi connectivity index (χ0v) is 16.0. The predicted octanol–water partition coefficient (Wildman–Crippen LogP) is 2.12. The topological polar surface area (TPSA) is 93.0 Å². The fraction of sp³-hybridized carbons (Fsp3) is 0.211. The third-order valence-electron chi connectivity index (χ3n) is 4.45. The average molecular weight is 394 g/mol. The maximum absolute atomic E-state index is 12.9. The van der Waals surface area contributed by atoms with Crippen molar-refractivity contribution in [1.82, 2.24) is 25.1 Å². The molecule has 0 aliphatic carbocycles. The number of thioether (sulfide) groups is 1. The Morgan fingerprint density at radius 1 is 1.14 bits per heavy atom. The van der Waals surface area contributed by atoms with Crippen molar-refractivity contribution in [3.8, 4) is 5.69 Å². The first kappa shape index (κ1) is 18.2. The van der Waals surface area contributed by atoms with Gasteiger partial charge in [-0.15, -0.1) is 16.9 Å². The molecular weight excluding hydrogens is 376 g/mol. The number of carbonyl (C=O) groups is 2. The molecule has 2 heterocycles. The van der Waals surface area contributed by atoms with E-state index in [-0.39, 0.29) is 11.8 Å². The van der Waals surface area contributed by atoms with Crippen LogP contribution in [0.25, 0.3) is 5.69 Å². The van der Waals surface area contributed by atoms with Crippen LogP contribution in [0.15, 0.2) is 54.6 Å². The van der Waals surface area contributed by atoms with Crippen LogP contribution in [0.3, 0.4) is 0 Å². The number of hydrogen-bond donors (Lipinski definition) is 1. The van der Waals surface area contributed by atoms with Crippen molar-refractivity contribution in [1.29, 1.82) is 0 Å². The molecule has 3 aromatic rings. The summed E-state index contributed by atoms with van der Waals surface area (Å²) in [5.74, 6) is 1.37. The zero-order valence-electron chi connectivity index (χ0n) is 15.1. The number of rotatable bonds is 4. The van der Waals surface area contributed by atoms with E-state index in [0.29, 0.717) is 28.7 Å². The van der Waals surface area contributed by atoms with Crippen molar-refractivity contribution < 1.29 is 9.59 Å². The molecule has 28 heavy (non-hydrogen) atoms. The fourth-order valence-corrected chi connectivity index (χ4v) is 4.17. The van der Waals surface area contributed by atoms with Gasteiger partial charge in [-0.25, -0.2) is 0 Å². The Balaban J connectivity index is 1.50. The molecule has 142 valence electrons. The highest BCUT2D eigenvalue weighted by Gasteiger charge is 2.35. The first-order valence-corrected chi connectivity index (χ1v) is 9.89. The van der Waals surface area contributed by atoms with E-state index in [4.69, 9.17) is 0 Å². The van der Waals surface area contributed by atoms with E-state index in [1.54, 1.807) is 52.5 Å². The molecule has 0 saturated carbocycles. The second-order valence-electron chi connectivity index (χ2n) is 6.33. The van der Waals surface area contributed by atoms with Gasteiger partial charge in [-0.3, -0.25) is 9.59 Å². The zero-order chi connectivity index (χ0) is 19.5. The number of anilines is 1. The summed E-state index contributed by atoms with van der Waals surface area (Å²) in [5.41, 5.74) is 1.96. The highest BCUT2D eigenvalue weighted by Crippen LogP contribution is 2.25. The minimum atomic E-state index is -0.517. The van der Waals surface area contributed by atoms with E-state index in [9.17, 15) is 9.59 Å². The maximum Gasteiger partial charge on any atom is 0.255 e. The molecule has 0 unspecified atom stereocenters. The first-order valence-electron chi connectivity index (χ1n) is 8.73. The summed E-state index contributed by atoms with van der Waals surface area (Å²) < 4.78 is 1.59. The SMILES string of the molecule is Cc1nnnn1-c1cccc(NC(=O)[C@@H]2CSCN2C(=O)c2ccccc2)c1. The van der Waals surface area contributed by atoms with Crippen molar-refractivity contribution >= 4 is 29.3 Å². The molecule has 1 atom stereocenters. The Hall–Kier alpha value is -3.20. The summed E-state index contributed by atoms with van der Waals surface area (Å²) in [4.78, 5) is 27.2. The van der Waals surface area contributed by atoms with Gasteiger partial charge in [-0.2, -0.15) is 4.68 Å². The van der Waals surface area contributed by atoms with Crippen molar-refractivity contribution in [2.45, 2.75) is 13.0 Å². The summed E-state index contributed by atoms with van der Waals surface area (Å²) in [6.45, 7) is 1.80. The van der Waals surface area contributed by atoms with Gasteiger partial charge >= 0.3 is 0 Å². The van der Waals surface area contributed by atoms with Crippen molar-refractivity contribution in [2.75, 3.05) is 16.9 Å². The van der Waals surface area contributed by atoms with E-state index < -0.39 is 6.04 Å². The molecule has 8 nitrogen and oxygen atoms in total. The summed E-state index contributed by atoms with van der Waals surface area (Å²) in [6, 6.07) is 15.8. The van der Waals surface area contributed by atoms with Crippen LogP contribution >= 0.6 is 11.8 Å². The van der Waals surface area contributed by atoms with Crippen LogP contribution < -0.4 is 5.32 Å². The van der Waals surface area contributed by atoms with Gasteiger partial charge in [-0.05, 0) is 47.7 Å². The molecule has 1 aliphatic heterocycles. The number of nitrogens with one attached hydrogen (secondary N) is 1. The highest BCUT2D eigenvalue weighted by molar-refractivity contribution is 7.99. The molecule has 9 heteroatoms. The monoisotopic (exact) mass is 394 g/mol. The van der Waals surface area contributed by atoms with E-state index in [1.165, 1.54) is 0 Å². The van der Waals surface area contributed by atoms with Crippen LogP contribution in [0.5, 0.6) is 0 Å². The van der Waals surface area contributed by atoms with E-state index >= 15 is 0 Å². The van der Waals surface area contributed by atoms with Crippen LogP contribution in [0.4, 0.5) is 5.69 Å². The Morgan fingerprint density at radius 2 is 1.96 bits per heavy atom. The maximum atomic E-state index is 12.9. The Bertz CT molecular complexity index is 1010. The number of benzene rings is 2. The lowest BCUT2D eigenvalue weighted by atomic mass is 10.1. The number of tetrazole rings is 1. The molecular formula is C19H18N6O2S.